The van der Waals surface area contributed by atoms with E-state index in [2.05, 4.69) is 38.2 Å². The van der Waals surface area contributed by atoms with E-state index in [1.807, 2.05) is 29.2 Å². The number of hydrogen-bond donors (Lipinski definition) is 1. The Bertz CT molecular complexity index is 840. The minimum Gasteiger partial charge on any atom is -0.376 e. The van der Waals surface area contributed by atoms with E-state index >= 15 is 0 Å². The first-order valence-corrected chi connectivity index (χ1v) is 9.40. The molecule has 0 spiro atoms. The van der Waals surface area contributed by atoms with Crippen LogP contribution in [0.25, 0.3) is 0 Å². The quantitative estimate of drug-likeness (QED) is 0.894. The second-order valence-electron chi connectivity index (χ2n) is 7.48. The summed E-state index contributed by atoms with van der Waals surface area (Å²) >= 11 is 0. The van der Waals surface area contributed by atoms with Crippen molar-refractivity contribution in [3.05, 3.63) is 64.2 Å². The highest BCUT2D eigenvalue weighted by molar-refractivity contribution is 6.01. The van der Waals surface area contributed by atoms with Crippen molar-refractivity contribution in [2.75, 3.05) is 18.5 Å². The van der Waals surface area contributed by atoms with Crippen LogP contribution in [0.3, 0.4) is 0 Å². The third kappa shape index (κ3) is 2.99. The van der Waals surface area contributed by atoms with E-state index in [-0.39, 0.29) is 18.2 Å². The zero-order chi connectivity index (χ0) is 18.3. The molecule has 0 bridgehead atoms. The number of carbonyl (C=O) groups is 1. The first-order chi connectivity index (χ1) is 12.5. The molecule has 0 aromatic heterocycles. The average molecular weight is 350 g/mol. The number of nitrogens with zero attached hydrogens (tertiary/aromatic N) is 1. The number of fused-ring (bicyclic) bond motifs is 1. The fourth-order valence-electron chi connectivity index (χ4n) is 4.01. The van der Waals surface area contributed by atoms with Crippen molar-refractivity contribution >= 4 is 11.6 Å². The summed E-state index contributed by atoms with van der Waals surface area (Å²) in [6.07, 6.45) is 2.05. The van der Waals surface area contributed by atoms with E-state index in [0.717, 1.165) is 36.3 Å². The number of aryl methyl sites for hydroxylation is 3. The molecule has 26 heavy (non-hydrogen) atoms. The maximum absolute atomic E-state index is 13.3. The standard InChI is InChI=1S/C22H26N2O2/c1-14-11-16(3)19(12-15(14)2)21-23-20-9-5-4-8-18(20)22(25)24(21)13-17-7-6-10-26-17/h4-5,8-9,11-12,17,21,23H,6-7,10,13H2,1-3H3/t17-,21-/m1/s1. The molecule has 0 aliphatic carbocycles. The Balaban J connectivity index is 1.76. The van der Waals surface area contributed by atoms with Gasteiger partial charge in [0.1, 0.15) is 6.17 Å². The van der Waals surface area contributed by atoms with Crippen LogP contribution in [-0.4, -0.2) is 30.1 Å². The Labute approximate surface area is 155 Å². The highest BCUT2D eigenvalue weighted by atomic mass is 16.5. The summed E-state index contributed by atoms with van der Waals surface area (Å²) in [5, 5.41) is 3.60. The number of nitrogens with one attached hydrogen (secondary N) is 1. The van der Waals surface area contributed by atoms with Gasteiger partial charge in [0.05, 0.1) is 11.7 Å². The van der Waals surface area contributed by atoms with E-state index in [1.54, 1.807) is 0 Å². The maximum atomic E-state index is 13.3. The molecular formula is C22H26N2O2. The van der Waals surface area contributed by atoms with E-state index in [9.17, 15) is 4.79 Å². The minimum absolute atomic E-state index is 0.0810. The second-order valence-corrected chi connectivity index (χ2v) is 7.48. The van der Waals surface area contributed by atoms with Crippen molar-refractivity contribution in [1.29, 1.82) is 0 Å². The van der Waals surface area contributed by atoms with Gasteiger partial charge in [-0.25, -0.2) is 0 Å². The predicted molar refractivity (Wildman–Crippen MR) is 103 cm³/mol. The van der Waals surface area contributed by atoms with Gasteiger partial charge in [0.25, 0.3) is 5.91 Å². The van der Waals surface area contributed by atoms with Crippen LogP contribution in [-0.2, 0) is 4.74 Å². The summed E-state index contributed by atoms with van der Waals surface area (Å²) in [4.78, 5) is 15.2. The van der Waals surface area contributed by atoms with Crippen molar-refractivity contribution in [3.8, 4) is 0 Å². The number of ether oxygens (including phenoxy) is 1. The summed E-state index contributed by atoms with van der Waals surface area (Å²) in [7, 11) is 0. The van der Waals surface area contributed by atoms with Crippen LogP contribution in [0.15, 0.2) is 36.4 Å². The molecule has 0 saturated carbocycles. The van der Waals surface area contributed by atoms with E-state index < -0.39 is 0 Å². The fourth-order valence-corrected chi connectivity index (χ4v) is 4.01. The largest absolute Gasteiger partial charge is 0.376 e. The minimum atomic E-state index is -0.166. The number of carbonyl (C=O) groups excluding carboxylic acids is 1. The highest BCUT2D eigenvalue weighted by Crippen LogP contribution is 2.36. The monoisotopic (exact) mass is 350 g/mol. The van der Waals surface area contributed by atoms with E-state index in [1.165, 1.54) is 16.7 Å². The smallest absolute Gasteiger partial charge is 0.257 e. The van der Waals surface area contributed by atoms with Gasteiger partial charge in [-0.15, -0.1) is 0 Å². The molecule has 1 amide bonds. The van der Waals surface area contributed by atoms with Crippen LogP contribution in [0.5, 0.6) is 0 Å². The lowest BCUT2D eigenvalue weighted by atomic mass is 9.95. The van der Waals surface area contributed by atoms with Gasteiger partial charge in [0.15, 0.2) is 0 Å². The lowest BCUT2D eigenvalue weighted by molar-refractivity contribution is 0.0426. The Morgan fingerprint density at radius 2 is 1.88 bits per heavy atom. The topological polar surface area (TPSA) is 41.6 Å². The van der Waals surface area contributed by atoms with Crippen molar-refractivity contribution in [2.45, 2.75) is 45.9 Å². The molecule has 4 rings (SSSR count). The Kier molecular flexibility index (Phi) is 4.45. The SMILES string of the molecule is Cc1cc(C)c([C@@H]2Nc3ccccc3C(=O)N2C[C@H]2CCCO2)cc1C. The zero-order valence-electron chi connectivity index (χ0n) is 15.7. The fraction of sp³-hybridized carbons (Fsp3) is 0.409. The molecule has 136 valence electrons. The molecule has 1 fully saturated rings. The molecule has 2 atom stereocenters. The van der Waals surface area contributed by atoms with Gasteiger partial charge in [-0.3, -0.25) is 4.79 Å². The lowest BCUT2D eigenvalue weighted by Crippen LogP contribution is -2.46. The number of para-hydroxylation sites is 1. The van der Waals surface area contributed by atoms with Crippen LogP contribution in [0.1, 0.15) is 51.6 Å². The first kappa shape index (κ1) is 17.1. The molecule has 4 heteroatoms. The highest BCUT2D eigenvalue weighted by Gasteiger charge is 2.35. The van der Waals surface area contributed by atoms with Crippen LogP contribution in [0.4, 0.5) is 5.69 Å². The van der Waals surface area contributed by atoms with Gasteiger partial charge in [0.2, 0.25) is 0 Å². The Hall–Kier alpha value is -2.33. The zero-order valence-corrected chi connectivity index (χ0v) is 15.7. The number of anilines is 1. The van der Waals surface area contributed by atoms with Crippen LogP contribution < -0.4 is 5.32 Å². The van der Waals surface area contributed by atoms with Crippen molar-refractivity contribution in [1.82, 2.24) is 4.90 Å². The summed E-state index contributed by atoms with van der Waals surface area (Å²) < 4.78 is 5.83. The Morgan fingerprint density at radius 1 is 1.12 bits per heavy atom. The van der Waals surface area contributed by atoms with Gasteiger partial charge in [0, 0.05) is 18.8 Å². The van der Waals surface area contributed by atoms with Crippen LogP contribution in [0, 0.1) is 20.8 Å². The molecule has 1 N–H and O–H groups in total. The number of benzene rings is 2. The molecule has 2 aliphatic heterocycles. The van der Waals surface area contributed by atoms with Crippen molar-refractivity contribution in [3.63, 3.8) is 0 Å². The number of hydrogen-bond acceptors (Lipinski definition) is 3. The lowest BCUT2D eigenvalue weighted by Gasteiger charge is -2.40. The van der Waals surface area contributed by atoms with Gasteiger partial charge in [-0.1, -0.05) is 24.3 Å². The third-order valence-electron chi connectivity index (χ3n) is 5.62. The van der Waals surface area contributed by atoms with E-state index in [4.69, 9.17) is 4.74 Å². The molecule has 2 aliphatic rings. The van der Waals surface area contributed by atoms with Gasteiger partial charge >= 0.3 is 0 Å². The normalized spacial score (nSPS) is 22.3. The van der Waals surface area contributed by atoms with Crippen LogP contribution >= 0.6 is 0 Å². The van der Waals surface area contributed by atoms with Gasteiger partial charge < -0.3 is 15.0 Å². The summed E-state index contributed by atoms with van der Waals surface area (Å²) in [5.41, 5.74) is 6.53. The first-order valence-electron chi connectivity index (χ1n) is 9.40. The second kappa shape index (κ2) is 6.76. The maximum Gasteiger partial charge on any atom is 0.257 e. The molecule has 4 nitrogen and oxygen atoms in total. The van der Waals surface area contributed by atoms with E-state index in [0.29, 0.717) is 6.54 Å². The molecule has 2 aromatic carbocycles. The number of rotatable bonds is 3. The predicted octanol–water partition coefficient (Wildman–Crippen LogP) is 4.36. The molecular weight excluding hydrogens is 324 g/mol. The molecule has 0 radical (unpaired) electrons. The third-order valence-corrected chi connectivity index (χ3v) is 5.62. The van der Waals surface area contributed by atoms with Crippen molar-refractivity contribution < 1.29 is 9.53 Å². The molecule has 2 heterocycles. The Morgan fingerprint density at radius 3 is 2.65 bits per heavy atom. The summed E-state index contributed by atoms with van der Waals surface area (Å²) in [6.45, 7) is 7.80. The molecule has 2 aromatic rings. The number of amides is 1. The summed E-state index contributed by atoms with van der Waals surface area (Å²) in [5.74, 6) is 0.0810. The van der Waals surface area contributed by atoms with Gasteiger partial charge in [-0.2, -0.15) is 0 Å². The van der Waals surface area contributed by atoms with Crippen LogP contribution in [0.2, 0.25) is 0 Å². The van der Waals surface area contributed by atoms with Gasteiger partial charge in [-0.05, 0) is 68.0 Å². The molecule has 1 saturated heterocycles. The van der Waals surface area contributed by atoms with Crippen molar-refractivity contribution in [2.24, 2.45) is 0 Å². The molecule has 0 unspecified atom stereocenters. The summed E-state index contributed by atoms with van der Waals surface area (Å²) in [6, 6.07) is 12.2. The average Bonchev–Trinajstić information content (AvgIpc) is 3.14.